The molecule has 2 N–H and O–H groups in total. The van der Waals surface area contributed by atoms with E-state index >= 15 is 0 Å². The first-order valence-corrected chi connectivity index (χ1v) is 7.99. The van der Waals surface area contributed by atoms with Crippen LogP contribution in [0.1, 0.15) is 31.9 Å². The zero-order valence-electron chi connectivity index (χ0n) is 12.6. The van der Waals surface area contributed by atoms with Gasteiger partial charge in [-0.1, -0.05) is 0 Å². The molecule has 2 aromatic heterocycles. The molecule has 0 bridgehead atoms. The Morgan fingerprint density at radius 2 is 2.36 bits per heavy atom. The Bertz CT molecular complexity index is 643. The molecule has 116 valence electrons. The van der Waals surface area contributed by atoms with E-state index in [0.717, 1.165) is 0 Å². The number of aromatic nitrogens is 2. The van der Waals surface area contributed by atoms with Crippen LogP contribution in [0.25, 0.3) is 0 Å². The van der Waals surface area contributed by atoms with Gasteiger partial charge in [-0.05, 0) is 31.4 Å². The van der Waals surface area contributed by atoms with Crippen LogP contribution >= 0.6 is 11.3 Å². The average molecular weight is 317 g/mol. The molecule has 0 spiro atoms. The van der Waals surface area contributed by atoms with E-state index in [1.807, 2.05) is 16.9 Å². The van der Waals surface area contributed by atoms with Crippen LogP contribution in [0.15, 0.2) is 29.9 Å². The van der Waals surface area contributed by atoms with Crippen molar-refractivity contribution in [3.63, 3.8) is 0 Å². The molecular weight excluding hydrogens is 298 g/mol. The van der Waals surface area contributed by atoms with Gasteiger partial charge in [0.05, 0.1) is 11.6 Å². The topological polar surface area (TPSA) is 82.7 Å². The van der Waals surface area contributed by atoms with Crippen LogP contribution in [0.2, 0.25) is 0 Å². The predicted molar refractivity (Wildman–Crippen MR) is 86.7 cm³/mol. The molecule has 0 aliphatic heterocycles. The van der Waals surface area contributed by atoms with Crippen molar-refractivity contribution in [1.29, 1.82) is 5.26 Å². The summed E-state index contributed by atoms with van der Waals surface area (Å²) in [5.74, 6) is -0.0922. The third kappa shape index (κ3) is 4.16. The fourth-order valence-corrected chi connectivity index (χ4v) is 2.77. The molecule has 2 rings (SSSR count). The highest BCUT2D eigenvalue weighted by Crippen LogP contribution is 2.22. The molecule has 0 saturated heterocycles. The molecule has 2 atom stereocenters. The van der Waals surface area contributed by atoms with Crippen LogP contribution in [0.3, 0.4) is 0 Å². The van der Waals surface area contributed by atoms with Crippen LogP contribution in [0, 0.1) is 11.3 Å². The van der Waals surface area contributed by atoms with Gasteiger partial charge in [-0.2, -0.15) is 10.4 Å². The van der Waals surface area contributed by atoms with Crippen molar-refractivity contribution in [3.05, 3.63) is 35.5 Å². The number of carbonyl (C=O) groups is 1. The summed E-state index contributed by atoms with van der Waals surface area (Å²) in [5, 5.41) is 21.6. The molecule has 2 heterocycles. The Hall–Kier alpha value is -2.17. The fourth-order valence-electron chi connectivity index (χ4n) is 2.02. The molecule has 1 amide bonds. The quantitative estimate of drug-likeness (QED) is 0.821. The molecule has 6 nitrogen and oxygen atoms in total. The first kappa shape index (κ1) is 16.2. The lowest BCUT2D eigenvalue weighted by molar-refractivity contribution is -0.116. The number of carbonyl (C=O) groups excluding carboxylic acids is 1. The van der Waals surface area contributed by atoms with Gasteiger partial charge >= 0.3 is 0 Å². The molecular formula is C15H19N5OS. The zero-order valence-corrected chi connectivity index (χ0v) is 13.4. The van der Waals surface area contributed by atoms with Crippen molar-refractivity contribution in [2.45, 2.75) is 32.4 Å². The Balaban J connectivity index is 1.74. The Morgan fingerprint density at radius 1 is 1.55 bits per heavy atom. The van der Waals surface area contributed by atoms with Crippen LogP contribution in [-0.4, -0.2) is 28.3 Å². The molecule has 22 heavy (non-hydrogen) atoms. The van der Waals surface area contributed by atoms with Crippen molar-refractivity contribution in [2.75, 3.05) is 11.9 Å². The highest BCUT2D eigenvalue weighted by molar-refractivity contribution is 7.14. The normalized spacial score (nSPS) is 13.3. The van der Waals surface area contributed by atoms with Crippen LogP contribution in [0.4, 0.5) is 5.00 Å². The molecule has 0 aliphatic carbocycles. The maximum atomic E-state index is 11.9. The molecule has 0 aliphatic rings. The minimum atomic E-state index is -0.0922. The minimum Gasteiger partial charge on any atom is -0.317 e. The summed E-state index contributed by atoms with van der Waals surface area (Å²) in [6.07, 6.45) is 4.04. The van der Waals surface area contributed by atoms with E-state index in [-0.39, 0.29) is 18.0 Å². The predicted octanol–water partition coefficient (Wildman–Crippen LogP) is 2.38. The standard InChI is InChI=1S/C15H19N5OS/c1-11(12(2)20-8-3-6-18-20)17-7-4-14(21)19-15-13(10-16)5-9-22-15/h3,5-6,8-9,11-12,17H,4,7H2,1-2H3,(H,19,21)/t11-,12-/m1/s1. The van der Waals surface area contributed by atoms with E-state index in [0.29, 0.717) is 23.5 Å². The Kier molecular flexibility index (Phi) is 5.69. The molecule has 0 aromatic carbocycles. The average Bonchev–Trinajstić information content (AvgIpc) is 3.17. The van der Waals surface area contributed by atoms with E-state index < -0.39 is 0 Å². The summed E-state index contributed by atoms with van der Waals surface area (Å²) in [6, 6.07) is 6.06. The van der Waals surface area contributed by atoms with Crippen molar-refractivity contribution in [2.24, 2.45) is 0 Å². The van der Waals surface area contributed by atoms with Gasteiger partial charge in [0.25, 0.3) is 0 Å². The number of thiophene rings is 1. The summed E-state index contributed by atoms with van der Waals surface area (Å²) in [5.41, 5.74) is 0.506. The van der Waals surface area contributed by atoms with Gasteiger partial charge in [0.1, 0.15) is 11.1 Å². The summed E-state index contributed by atoms with van der Waals surface area (Å²) in [7, 11) is 0. The second-order valence-corrected chi connectivity index (χ2v) is 5.96. The van der Waals surface area contributed by atoms with E-state index in [4.69, 9.17) is 5.26 Å². The van der Waals surface area contributed by atoms with E-state index in [1.54, 1.807) is 17.6 Å². The molecule has 7 heteroatoms. The fraction of sp³-hybridized carbons (Fsp3) is 0.400. The van der Waals surface area contributed by atoms with Crippen molar-refractivity contribution < 1.29 is 4.79 Å². The largest absolute Gasteiger partial charge is 0.317 e. The lowest BCUT2D eigenvalue weighted by Gasteiger charge is -2.21. The Morgan fingerprint density at radius 3 is 3.05 bits per heavy atom. The number of anilines is 1. The number of hydrogen-bond acceptors (Lipinski definition) is 5. The lowest BCUT2D eigenvalue weighted by atomic mass is 10.1. The van der Waals surface area contributed by atoms with Crippen LogP contribution < -0.4 is 10.6 Å². The summed E-state index contributed by atoms with van der Waals surface area (Å²) in [6.45, 7) is 4.72. The number of hydrogen-bond donors (Lipinski definition) is 2. The maximum Gasteiger partial charge on any atom is 0.226 e. The van der Waals surface area contributed by atoms with Gasteiger partial charge in [-0.15, -0.1) is 11.3 Å². The lowest BCUT2D eigenvalue weighted by Crippen LogP contribution is -2.35. The zero-order chi connectivity index (χ0) is 15.9. The minimum absolute atomic E-state index is 0.0922. The van der Waals surface area contributed by atoms with Gasteiger partial charge in [0, 0.05) is 31.4 Å². The van der Waals surface area contributed by atoms with Gasteiger partial charge in [-0.3, -0.25) is 9.48 Å². The monoisotopic (exact) mass is 317 g/mol. The smallest absolute Gasteiger partial charge is 0.226 e. The van der Waals surface area contributed by atoms with Crippen molar-refractivity contribution >= 4 is 22.2 Å². The number of rotatable bonds is 7. The second kappa shape index (κ2) is 7.73. The summed E-state index contributed by atoms with van der Waals surface area (Å²) >= 11 is 1.36. The number of nitrogens with one attached hydrogen (secondary N) is 2. The number of nitrogens with zero attached hydrogens (tertiary/aromatic N) is 3. The molecule has 2 aromatic rings. The van der Waals surface area contributed by atoms with Gasteiger partial charge in [0.15, 0.2) is 0 Å². The maximum absolute atomic E-state index is 11.9. The Labute approximate surface area is 133 Å². The molecule has 0 saturated carbocycles. The number of amides is 1. The van der Waals surface area contributed by atoms with Crippen molar-refractivity contribution in [1.82, 2.24) is 15.1 Å². The highest BCUT2D eigenvalue weighted by Gasteiger charge is 2.14. The summed E-state index contributed by atoms with van der Waals surface area (Å²) < 4.78 is 1.89. The second-order valence-electron chi connectivity index (χ2n) is 5.04. The van der Waals surface area contributed by atoms with Gasteiger partial charge in [-0.25, -0.2) is 0 Å². The third-order valence-corrected chi connectivity index (χ3v) is 4.35. The third-order valence-electron chi connectivity index (χ3n) is 3.52. The highest BCUT2D eigenvalue weighted by atomic mass is 32.1. The SMILES string of the molecule is C[C@H]([C@@H](C)NCCC(=O)Nc1sccc1C#N)n1cccn1. The van der Waals surface area contributed by atoms with E-state index in [9.17, 15) is 4.79 Å². The summed E-state index contributed by atoms with van der Waals surface area (Å²) in [4.78, 5) is 11.9. The van der Waals surface area contributed by atoms with Crippen LogP contribution in [-0.2, 0) is 4.79 Å². The number of nitriles is 1. The van der Waals surface area contributed by atoms with E-state index in [1.165, 1.54) is 11.3 Å². The van der Waals surface area contributed by atoms with Crippen LogP contribution in [0.5, 0.6) is 0 Å². The van der Waals surface area contributed by atoms with E-state index in [2.05, 4.69) is 35.6 Å². The van der Waals surface area contributed by atoms with Gasteiger partial charge in [0.2, 0.25) is 5.91 Å². The first-order valence-electron chi connectivity index (χ1n) is 7.11. The first-order chi connectivity index (χ1) is 10.6. The molecule has 0 radical (unpaired) electrons. The molecule has 0 fully saturated rings. The molecule has 0 unspecified atom stereocenters. The van der Waals surface area contributed by atoms with Crippen molar-refractivity contribution in [3.8, 4) is 6.07 Å². The van der Waals surface area contributed by atoms with Gasteiger partial charge < -0.3 is 10.6 Å².